The molecule has 0 aromatic heterocycles. The van der Waals surface area contributed by atoms with E-state index in [-0.39, 0.29) is 11.3 Å². The molecule has 0 aliphatic rings. The molecular weight excluding hydrogens is 251 g/mol. The third-order valence-corrected chi connectivity index (χ3v) is 3.12. The SMILES string of the molecule is Cc1ccc(S(=O)(=O)F)c(C)c1OCC(=O)O. The van der Waals surface area contributed by atoms with Gasteiger partial charge in [-0.25, -0.2) is 4.79 Å². The van der Waals surface area contributed by atoms with Crippen molar-refractivity contribution < 1.29 is 26.9 Å². The summed E-state index contributed by atoms with van der Waals surface area (Å²) in [5.41, 5.74) is 0.602. The van der Waals surface area contributed by atoms with E-state index in [2.05, 4.69) is 0 Å². The molecule has 0 atom stereocenters. The number of ether oxygens (including phenoxy) is 1. The lowest BCUT2D eigenvalue weighted by atomic mass is 10.1. The van der Waals surface area contributed by atoms with Crippen LogP contribution in [0.2, 0.25) is 0 Å². The first-order valence-corrected chi connectivity index (χ1v) is 6.01. The molecule has 1 N–H and O–H groups in total. The summed E-state index contributed by atoms with van der Waals surface area (Å²) in [5, 5.41) is 8.47. The van der Waals surface area contributed by atoms with Crippen LogP contribution in [0.1, 0.15) is 11.1 Å². The summed E-state index contributed by atoms with van der Waals surface area (Å²) in [7, 11) is -4.84. The minimum absolute atomic E-state index is 0.0637. The van der Waals surface area contributed by atoms with Gasteiger partial charge in [0.1, 0.15) is 10.6 Å². The zero-order chi connectivity index (χ0) is 13.2. The van der Waals surface area contributed by atoms with Crippen molar-refractivity contribution in [1.29, 1.82) is 0 Å². The van der Waals surface area contributed by atoms with Gasteiger partial charge in [-0.05, 0) is 25.5 Å². The van der Waals surface area contributed by atoms with Gasteiger partial charge in [-0.3, -0.25) is 0 Å². The molecule has 0 amide bonds. The lowest BCUT2D eigenvalue weighted by molar-refractivity contribution is -0.139. The van der Waals surface area contributed by atoms with E-state index in [1.165, 1.54) is 13.0 Å². The van der Waals surface area contributed by atoms with Gasteiger partial charge in [0, 0.05) is 5.56 Å². The van der Waals surface area contributed by atoms with Crippen LogP contribution in [0, 0.1) is 13.8 Å². The van der Waals surface area contributed by atoms with E-state index in [0.29, 0.717) is 5.56 Å². The average Bonchev–Trinajstić information content (AvgIpc) is 2.14. The predicted octanol–water partition coefficient (Wildman–Crippen LogP) is 1.43. The van der Waals surface area contributed by atoms with Crippen molar-refractivity contribution in [2.24, 2.45) is 0 Å². The van der Waals surface area contributed by atoms with Crippen LogP contribution in [0.3, 0.4) is 0 Å². The molecule has 7 heteroatoms. The highest BCUT2D eigenvalue weighted by molar-refractivity contribution is 7.86. The number of carboxylic acids is 1. The van der Waals surface area contributed by atoms with E-state index in [0.717, 1.165) is 6.07 Å². The number of halogens is 1. The summed E-state index contributed by atoms with van der Waals surface area (Å²) >= 11 is 0. The fourth-order valence-corrected chi connectivity index (χ4v) is 2.12. The molecular formula is C10H11FO5S. The summed E-state index contributed by atoms with van der Waals surface area (Å²) in [4.78, 5) is 9.85. The smallest absolute Gasteiger partial charge is 0.341 e. The zero-order valence-corrected chi connectivity index (χ0v) is 10.0. The average molecular weight is 262 g/mol. The highest BCUT2D eigenvalue weighted by Gasteiger charge is 2.19. The Kier molecular flexibility index (Phi) is 3.72. The number of carboxylic acid groups (broad SMARTS) is 1. The number of rotatable bonds is 4. The van der Waals surface area contributed by atoms with Gasteiger partial charge < -0.3 is 9.84 Å². The highest BCUT2D eigenvalue weighted by Crippen LogP contribution is 2.29. The first-order valence-electron chi connectivity index (χ1n) is 4.63. The Morgan fingerprint density at radius 1 is 1.41 bits per heavy atom. The molecule has 1 aromatic rings. The Bertz CT molecular complexity index is 550. The van der Waals surface area contributed by atoms with E-state index in [4.69, 9.17) is 9.84 Å². The summed E-state index contributed by atoms with van der Waals surface area (Å²) in [6.45, 7) is 2.35. The van der Waals surface area contributed by atoms with Gasteiger partial charge in [-0.2, -0.15) is 8.42 Å². The van der Waals surface area contributed by atoms with Gasteiger partial charge in [0.25, 0.3) is 0 Å². The van der Waals surface area contributed by atoms with Gasteiger partial charge in [0.05, 0.1) is 0 Å². The second-order valence-electron chi connectivity index (χ2n) is 3.45. The van der Waals surface area contributed by atoms with Crippen molar-refractivity contribution in [3.05, 3.63) is 23.3 Å². The van der Waals surface area contributed by atoms with Gasteiger partial charge in [-0.15, -0.1) is 3.89 Å². The number of carbonyl (C=O) groups is 1. The monoisotopic (exact) mass is 262 g/mol. The molecule has 1 rings (SSSR count). The Morgan fingerprint density at radius 2 is 2.00 bits per heavy atom. The zero-order valence-electron chi connectivity index (χ0n) is 9.23. The quantitative estimate of drug-likeness (QED) is 0.830. The maximum absolute atomic E-state index is 12.9. The Labute approximate surface area is 98.0 Å². The summed E-state index contributed by atoms with van der Waals surface area (Å²) in [5.74, 6) is -1.12. The van der Waals surface area contributed by atoms with Crippen LogP contribution in [0.15, 0.2) is 17.0 Å². The Hall–Kier alpha value is -1.63. The van der Waals surface area contributed by atoms with E-state index in [1.807, 2.05) is 0 Å². The van der Waals surface area contributed by atoms with Crippen LogP contribution in [-0.2, 0) is 15.0 Å². The molecule has 0 aliphatic heterocycles. The van der Waals surface area contributed by atoms with Crippen molar-refractivity contribution in [2.75, 3.05) is 6.61 Å². The largest absolute Gasteiger partial charge is 0.481 e. The minimum Gasteiger partial charge on any atom is -0.481 e. The molecule has 0 aliphatic carbocycles. The predicted molar refractivity (Wildman–Crippen MR) is 57.3 cm³/mol. The third-order valence-electron chi connectivity index (χ3n) is 2.16. The maximum Gasteiger partial charge on any atom is 0.341 e. The Balaban J connectivity index is 3.25. The fourth-order valence-electron chi connectivity index (χ4n) is 1.43. The van der Waals surface area contributed by atoms with Crippen molar-refractivity contribution in [1.82, 2.24) is 0 Å². The standard InChI is InChI=1S/C10H11FO5S/c1-6-3-4-8(17(11,14)15)7(2)10(6)16-5-9(12)13/h3-4H,5H2,1-2H3,(H,12,13). The van der Waals surface area contributed by atoms with Gasteiger partial charge in [0.2, 0.25) is 0 Å². The molecule has 0 bridgehead atoms. The third kappa shape index (κ3) is 3.16. The number of hydrogen-bond donors (Lipinski definition) is 1. The van der Waals surface area contributed by atoms with Gasteiger partial charge >= 0.3 is 16.2 Å². The highest BCUT2D eigenvalue weighted by atomic mass is 32.3. The minimum atomic E-state index is -4.84. The molecule has 0 radical (unpaired) electrons. The second kappa shape index (κ2) is 4.70. The maximum atomic E-state index is 12.9. The number of aryl methyl sites for hydroxylation is 1. The van der Waals surface area contributed by atoms with E-state index in [9.17, 15) is 17.1 Å². The molecule has 1 aromatic carbocycles. The fraction of sp³-hybridized carbons (Fsp3) is 0.300. The van der Waals surface area contributed by atoms with Crippen LogP contribution in [-0.4, -0.2) is 26.1 Å². The van der Waals surface area contributed by atoms with E-state index in [1.54, 1.807) is 6.92 Å². The topological polar surface area (TPSA) is 80.7 Å². The van der Waals surface area contributed by atoms with E-state index < -0.39 is 27.7 Å². The van der Waals surface area contributed by atoms with Crippen molar-refractivity contribution in [3.63, 3.8) is 0 Å². The number of benzene rings is 1. The normalized spacial score (nSPS) is 11.2. The first-order chi connectivity index (χ1) is 7.73. The molecule has 0 unspecified atom stereocenters. The van der Waals surface area contributed by atoms with Gasteiger partial charge in [0.15, 0.2) is 6.61 Å². The van der Waals surface area contributed by atoms with Gasteiger partial charge in [-0.1, -0.05) is 6.07 Å². The summed E-state index contributed by atoms with van der Waals surface area (Å²) < 4.78 is 39.5. The molecule has 0 saturated heterocycles. The summed E-state index contributed by atoms with van der Waals surface area (Å²) in [6.07, 6.45) is 0. The van der Waals surface area contributed by atoms with Crippen LogP contribution in [0.4, 0.5) is 3.89 Å². The lowest BCUT2D eigenvalue weighted by Crippen LogP contribution is -2.11. The van der Waals surface area contributed by atoms with Crippen molar-refractivity contribution >= 4 is 16.2 Å². The molecule has 0 fully saturated rings. The molecule has 17 heavy (non-hydrogen) atoms. The van der Waals surface area contributed by atoms with E-state index >= 15 is 0 Å². The number of hydrogen-bond acceptors (Lipinski definition) is 4. The van der Waals surface area contributed by atoms with Crippen LogP contribution < -0.4 is 4.74 Å². The summed E-state index contributed by atoms with van der Waals surface area (Å²) in [6, 6.07) is 2.48. The molecule has 0 spiro atoms. The molecule has 94 valence electrons. The molecule has 0 heterocycles. The molecule has 5 nitrogen and oxygen atoms in total. The number of aliphatic carboxylic acids is 1. The second-order valence-corrected chi connectivity index (χ2v) is 4.77. The van der Waals surface area contributed by atoms with Crippen LogP contribution in [0.5, 0.6) is 5.75 Å². The van der Waals surface area contributed by atoms with Crippen LogP contribution >= 0.6 is 0 Å². The molecule has 0 saturated carbocycles. The Morgan fingerprint density at radius 3 is 2.47 bits per heavy atom. The van der Waals surface area contributed by atoms with Crippen LogP contribution in [0.25, 0.3) is 0 Å². The first kappa shape index (κ1) is 13.4. The van der Waals surface area contributed by atoms with Crippen molar-refractivity contribution in [3.8, 4) is 5.75 Å². The van der Waals surface area contributed by atoms with Crippen molar-refractivity contribution in [2.45, 2.75) is 18.7 Å². The lowest BCUT2D eigenvalue weighted by Gasteiger charge is -2.12.